The van der Waals surface area contributed by atoms with Crippen LogP contribution >= 0.6 is 0 Å². The van der Waals surface area contributed by atoms with Crippen molar-refractivity contribution in [1.82, 2.24) is 9.97 Å². The van der Waals surface area contributed by atoms with Gasteiger partial charge in [-0.3, -0.25) is 4.79 Å². The maximum absolute atomic E-state index is 12.8. The van der Waals surface area contributed by atoms with Crippen LogP contribution in [0.4, 0.5) is 19.0 Å². The van der Waals surface area contributed by atoms with Gasteiger partial charge in [0.15, 0.2) is 5.65 Å². The largest absolute Gasteiger partial charge is 0.433 e. The zero-order valence-corrected chi connectivity index (χ0v) is 11.9. The average Bonchev–Trinajstić information content (AvgIpc) is 2.34. The first-order valence-electron chi connectivity index (χ1n) is 7.01. The van der Waals surface area contributed by atoms with Gasteiger partial charge < -0.3 is 5.32 Å². The smallest absolute Gasteiger partial charge is 0.310 e. The number of fused-ring (bicyclic) bond motifs is 1. The van der Waals surface area contributed by atoms with E-state index in [-0.39, 0.29) is 23.3 Å². The molecule has 1 aliphatic rings. The first kappa shape index (κ1) is 14.7. The van der Waals surface area contributed by atoms with Crippen LogP contribution in [-0.2, 0) is 11.0 Å². The molecule has 2 aromatic rings. The van der Waals surface area contributed by atoms with Crippen LogP contribution in [0.2, 0.25) is 0 Å². The summed E-state index contributed by atoms with van der Waals surface area (Å²) < 4.78 is 38.4. The number of nitrogens with zero attached hydrogens (tertiary/aromatic N) is 2. The van der Waals surface area contributed by atoms with E-state index in [1.54, 1.807) is 19.1 Å². The number of halogens is 3. The maximum atomic E-state index is 12.8. The Hall–Kier alpha value is -2.18. The lowest BCUT2D eigenvalue weighted by Crippen LogP contribution is -2.28. The summed E-state index contributed by atoms with van der Waals surface area (Å²) in [7, 11) is 0. The molecular weight excluding hydrogens is 295 g/mol. The van der Waals surface area contributed by atoms with E-state index in [9.17, 15) is 18.0 Å². The minimum atomic E-state index is -4.52. The summed E-state index contributed by atoms with van der Waals surface area (Å²) in [4.78, 5) is 19.5. The van der Waals surface area contributed by atoms with Gasteiger partial charge in [0.1, 0.15) is 11.5 Å². The summed E-state index contributed by atoms with van der Waals surface area (Å²) in [6.45, 7) is 1.58. The summed E-state index contributed by atoms with van der Waals surface area (Å²) in [5, 5.41) is 3.18. The van der Waals surface area contributed by atoms with E-state index in [4.69, 9.17) is 0 Å². The normalized spacial score (nSPS) is 15.6. The van der Waals surface area contributed by atoms with Gasteiger partial charge in [-0.15, -0.1) is 0 Å². The third-order valence-electron chi connectivity index (χ3n) is 3.90. The summed E-state index contributed by atoms with van der Waals surface area (Å²) in [6.07, 6.45) is -1.81. The number of aromatic nitrogens is 2. The van der Waals surface area contributed by atoms with E-state index in [1.165, 1.54) is 0 Å². The minimum absolute atomic E-state index is 0.0151. The molecule has 0 radical (unpaired) electrons. The number of pyridine rings is 2. The Morgan fingerprint density at radius 1 is 1.27 bits per heavy atom. The van der Waals surface area contributed by atoms with E-state index in [2.05, 4.69) is 15.3 Å². The van der Waals surface area contributed by atoms with Crippen LogP contribution in [0.15, 0.2) is 18.2 Å². The van der Waals surface area contributed by atoms with Crippen LogP contribution in [-0.4, -0.2) is 15.9 Å². The maximum Gasteiger partial charge on any atom is 0.433 e. The van der Waals surface area contributed by atoms with Crippen molar-refractivity contribution < 1.29 is 18.0 Å². The van der Waals surface area contributed by atoms with Gasteiger partial charge in [0, 0.05) is 11.3 Å². The van der Waals surface area contributed by atoms with Gasteiger partial charge in [0.25, 0.3) is 0 Å². The van der Waals surface area contributed by atoms with Gasteiger partial charge in [-0.2, -0.15) is 13.2 Å². The van der Waals surface area contributed by atoms with Gasteiger partial charge in [-0.05, 0) is 43.5 Å². The summed E-state index contributed by atoms with van der Waals surface area (Å²) in [6, 6.07) is 4.21. The van der Waals surface area contributed by atoms with Crippen molar-refractivity contribution in [1.29, 1.82) is 0 Å². The highest BCUT2D eigenvalue weighted by Gasteiger charge is 2.33. The van der Waals surface area contributed by atoms with E-state index >= 15 is 0 Å². The number of rotatable bonds is 2. The van der Waals surface area contributed by atoms with Crippen molar-refractivity contribution in [2.45, 2.75) is 32.4 Å². The number of alkyl halides is 3. The Morgan fingerprint density at radius 2 is 2.00 bits per heavy atom. The van der Waals surface area contributed by atoms with Crippen LogP contribution in [0, 0.1) is 12.8 Å². The van der Waals surface area contributed by atoms with Gasteiger partial charge in [0.05, 0.1) is 0 Å². The van der Waals surface area contributed by atoms with Crippen LogP contribution in [0.1, 0.15) is 30.5 Å². The average molecular weight is 309 g/mol. The molecule has 2 heterocycles. The molecule has 0 spiro atoms. The van der Waals surface area contributed by atoms with E-state index in [1.807, 2.05) is 0 Å². The topological polar surface area (TPSA) is 54.9 Å². The second-order valence-electron chi connectivity index (χ2n) is 5.51. The molecule has 22 heavy (non-hydrogen) atoms. The predicted molar refractivity (Wildman–Crippen MR) is 75.2 cm³/mol. The molecule has 7 heteroatoms. The SMILES string of the molecule is Cc1cc(C(F)(F)F)nc2nc(NC(=O)C3CCC3)ccc12. The zero-order chi connectivity index (χ0) is 15.9. The molecule has 1 saturated carbocycles. The third kappa shape index (κ3) is 2.75. The van der Waals surface area contributed by atoms with Crippen LogP contribution < -0.4 is 5.32 Å². The standard InChI is InChI=1S/C15H14F3N3O/c1-8-7-11(15(16,17)18)19-13-10(8)5-6-12(20-13)21-14(22)9-3-2-4-9/h5-7,9H,2-4H2,1H3,(H,19,20,21,22). The Bertz CT molecular complexity index is 739. The van der Waals surface area contributed by atoms with Crippen LogP contribution in [0.3, 0.4) is 0 Å². The molecule has 1 aliphatic carbocycles. The van der Waals surface area contributed by atoms with Crippen molar-refractivity contribution >= 4 is 22.8 Å². The first-order chi connectivity index (χ1) is 10.3. The highest BCUT2D eigenvalue weighted by Crippen LogP contribution is 2.31. The number of hydrogen-bond acceptors (Lipinski definition) is 3. The lowest BCUT2D eigenvalue weighted by Gasteiger charge is -2.23. The fourth-order valence-electron chi connectivity index (χ4n) is 2.38. The quantitative estimate of drug-likeness (QED) is 0.920. The zero-order valence-electron chi connectivity index (χ0n) is 11.9. The second-order valence-corrected chi connectivity index (χ2v) is 5.51. The van der Waals surface area contributed by atoms with Gasteiger partial charge >= 0.3 is 6.18 Å². The third-order valence-corrected chi connectivity index (χ3v) is 3.90. The fraction of sp³-hybridized carbons (Fsp3) is 0.400. The molecule has 0 saturated heterocycles. The van der Waals surface area contributed by atoms with Crippen molar-refractivity contribution in [2.24, 2.45) is 5.92 Å². The number of amides is 1. The summed E-state index contributed by atoms with van der Waals surface area (Å²) in [5.41, 5.74) is -0.548. The van der Waals surface area contributed by atoms with Gasteiger partial charge in [-0.25, -0.2) is 9.97 Å². The molecule has 1 fully saturated rings. The monoisotopic (exact) mass is 309 g/mol. The molecule has 0 atom stereocenters. The second kappa shape index (κ2) is 5.23. The van der Waals surface area contributed by atoms with Gasteiger partial charge in [-0.1, -0.05) is 6.42 Å². The van der Waals surface area contributed by atoms with Crippen LogP contribution in [0.5, 0.6) is 0 Å². The number of carbonyl (C=O) groups excluding carboxylic acids is 1. The molecule has 2 aromatic heterocycles. The molecule has 0 unspecified atom stereocenters. The highest BCUT2D eigenvalue weighted by molar-refractivity contribution is 5.93. The van der Waals surface area contributed by atoms with Gasteiger partial charge in [0.2, 0.25) is 5.91 Å². The minimum Gasteiger partial charge on any atom is -0.310 e. The Labute approximate surface area is 124 Å². The summed E-state index contributed by atoms with van der Waals surface area (Å²) >= 11 is 0. The predicted octanol–water partition coefficient (Wildman–Crippen LogP) is 3.70. The van der Waals surface area contributed by atoms with Crippen molar-refractivity contribution in [3.05, 3.63) is 29.5 Å². The molecule has 1 amide bonds. The highest BCUT2D eigenvalue weighted by atomic mass is 19.4. The van der Waals surface area contributed by atoms with E-state index in [0.29, 0.717) is 10.9 Å². The number of carbonyl (C=O) groups is 1. The van der Waals surface area contributed by atoms with E-state index < -0.39 is 11.9 Å². The Morgan fingerprint density at radius 3 is 2.59 bits per heavy atom. The van der Waals surface area contributed by atoms with Crippen molar-refractivity contribution in [2.75, 3.05) is 5.32 Å². The Balaban J connectivity index is 1.95. The molecule has 0 aliphatic heterocycles. The number of aryl methyl sites for hydroxylation is 1. The number of hydrogen-bond donors (Lipinski definition) is 1. The molecular formula is C15H14F3N3O. The molecule has 4 nitrogen and oxygen atoms in total. The number of anilines is 1. The number of nitrogens with one attached hydrogen (secondary N) is 1. The lowest BCUT2D eigenvalue weighted by atomic mass is 9.85. The van der Waals surface area contributed by atoms with Crippen LogP contribution in [0.25, 0.3) is 11.0 Å². The van der Waals surface area contributed by atoms with E-state index in [0.717, 1.165) is 25.3 Å². The molecule has 0 bridgehead atoms. The Kier molecular flexibility index (Phi) is 3.50. The first-order valence-corrected chi connectivity index (χ1v) is 7.01. The molecule has 3 rings (SSSR count). The molecule has 1 N–H and O–H groups in total. The summed E-state index contributed by atoms with van der Waals surface area (Å²) in [5.74, 6) is 0.0751. The molecule has 116 valence electrons. The fourth-order valence-corrected chi connectivity index (χ4v) is 2.38. The van der Waals surface area contributed by atoms with Crippen molar-refractivity contribution in [3.63, 3.8) is 0 Å². The lowest BCUT2D eigenvalue weighted by molar-refractivity contribution is -0.141. The molecule has 0 aromatic carbocycles. The van der Waals surface area contributed by atoms with Crippen molar-refractivity contribution in [3.8, 4) is 0 Å².